The van der Waals surface area contributed by atoms with Crippen molar-refractivity contribution < 1.29 is 51.9 Å². The maximum absolute atomic E-state index is 13.0. The van der Waals surface area contributed by atoms with Crippen molar-refractivity contribution in [2.45, 2.75) is 36.5 Å². The van der Waals surface area contributed by atoms with Gasteiger partial charge in [0.15, 0.2) is 12.2 Å². The highest BCUT2D eigenvalue weighted by Crippen LogP contribution is 2.38. The van der Waals surface area contributed by atoms with Crippen LogP contribution in [0.5, 0.6) is 0 Å². The summed E-state index contributed by atoms with van der Waals surface area (Å²) in [7, 11) is -1.80. The molecule has 0 fully saturated rings. The monoisotopic (exact) mass is 792 g/mol. The van der Waals surface area contributed by atoms with E-state index in [-0.39, 0.29) is 76.7 Å². The van der Waals surface area contributed by atoms with E-state index in [1.54, 1.807) is 24.3 Å². The van der Waals surface area contributed by atoms with Crippen LogP contribution >= 0.6 is 23.2 Å². The van der Waals surface area contributed by atoms with Gasteiger partial charge >= 0.3 is 0 Å². The molecule has 2 aromatic rings. The van der Waals surface area contributed by atoms with E-state index < -0.39 is 34.0 Å². The second-order valence-corrected chi connectivity index (χ2v) is 14.4. The minimum absolute atomic E-state index is 0.0385. The molecule has 1 aliphatic heterocycles. The molecule has 0 saturated carbocycles. The molecule has 0 aromatic heterocycles. The number of benzene rings is 2. The maximum atomic E-state index is 13.0. The average molecular weight is 794 g/mol. The fraction of sp³-hybridized carbons (Fsp3) is 0.588. The number of likely N-dealkylation sites (N-methyl/N-ethyl adjacent to an activating group) is 1. The minimum atomic E-state index is -3.79. The number of nitrogens with one attached hydrogen (secondary N) is 3. The first-order valence-electron chi connectivity index (χ1n) is 17.0. The molecule has 0 aliphatic carbocycles. The van der Waals surface area contributed by atoms with Gasteiger partial charge < -0.3 is 49.4 Å². The Labute approximate surface area is 315 Å². The van der Waals surface area contributed by atoms with Crippen LogP contribution in [0.25, 0.3) is 0 Å². The lowest BCUT2D eigenvalue weighted by atomic mass is 9.85. The predicted octanol–water partition coefficient (Wildman–Crippen LogP) is 0.906. The molecular weight excluding hydrogens is 743 g/mol. The summed E-state index contributed by atoms with van der Waals surface area (Å²) in [6, 6.07) is 10.5. The fourth-order valence-corrected chi connectivity index (χ4v) is 6.89. The SMILES string of the molecule is CCOCCOCCNC(=O)[C@H](O)[C@H](O)C(=O)NCCOCCOCCOCCNS(=O)(=O)c1cccc(C2CN(C)Cc3c(Cl)cc(Cl)cc32)c1. The Balaban J connectivity index is 1.23. The molecule has 15 nitrogen and oxygen atoms in total. The lowest BCUT2D eigenvalue weighted by molar-refractivity contribution is -0.146. The number of aliphatic hydroxyl groups is 2. The number of hydrogen-bond acceptors (Lipinski definition) is 12. The Bertz CT molecular complexity index is 1520. The molecule has 0 radical (unpaired) electrons. The lowest BCUT2D eigenvalue weighted by Gasteiger charge is -2.33. The van der Waals surface area contributed by atoms with Gasteiger partial charge in [0.1, 0.15) is 0 Å². The minimum Gasteiger partial charge on any atom is -0.380 e. The molecule has 2 amide bonds. The molecule has 52 heavy (non-hydrogen) atoms. The Morgan fingerprint density at radius 1 is 0.827 bits per heavy atom. The van der Waals surface area contributed by atoms with Gasteiger partial charge in [-0.2, -0.15) is 0 Å². The Kier molecular flexibility index (Phi) is 19.7. The van der Waals surface area contributed by atoms with Gasteiger partial charge in [0.2, 0.25) is 10.0 Å². The van der Waals surface area contributed by atoms with Gasteiger partial charge in [-0.05, 0) is 54.9 Å². The summed E-state index contributed by atoms with van der Waals surface area (Å²) in [5.41, 5.74) is 2.82. The van der Waals surface area contributed by atoms with E-state index in [9.17, 15) is 28.2 Å². The zero-order valence-electron chi connectivity index (χ0n) is 29.5. The number of hydrogen-bond donors (Lipinski definition) is 5. The molecule has 3 rings (SSSR count). The topological polar surface area (TPSA) is 194 Å². The molecule has 1 heterocycles. The molecule has 0 spiro atoms. The quantitative estimate of drug-likeness (QED) is 0.0894. The van der Waals surface area contributed by atoms with Crippen LogP contribution in [-0.2, 0) is 49.8 Å². The second kappa shape index (κ2) is 23.4. The molecule has 1 unspecified atom stereocenters. The van der Waals surface area contributed by atoms with Gasteiger partial charge in [-0.15, -0.1) is 0 Å². The van der Waals surface area contributed by atoms with Gasteiger partial charge in [-0.25, -0.2) is 13.1 Å². The van der Waals surface area contributed by atoms with Crippen molar-refractivity contribution in [3.63, 3.8) is 0 Å². The van der Waals surface area contributed by atoms with Crippen LogP contribution in [0.4, 0.5) is 0 Å². The van der Waals surface area contributed by atoms with E-state index in [2.05, 4.69) is 20.3 Å². The third-order valence-corrected chi connectivity index (χ3v) is 9.86. The Morgan fingerprint density at radius 3 is 1.94 bits per heavy atom. The van der Waals surface area contributed by atoms with Gasteiger partial charge in [0, 0.05) is 55.3 Å². The second-order valence-electron chi connectivity index (χ2n) is 11.8. The highest BCUT2D eigenvalue weighted by Gasteiger charge is 2.30. The van der Waals surface area contributed by atoms with Crippen LogP contribution in [0, 0.1) is 0 Å². The normalized spacial score (nSPS) is 15.9. The number of carbonyl (C=O) groups excluding carboxylic acids is 2. The summed E-state index contributed by atoms with van der Waals surface area (Å²) in [6.45, 7) is 6.19. The highest BCUT2D eigenvalue weighted by molar-refractivity contribution is 7.89. The molecule has 18 heteroatoms. The number of carbonyl (C=O) groups is 2. The number of nitrogens with zero attached hydrogens (tertiary/aromatic N) is 1. The third-order valence-electron chi connectivity index (χ3n) is 7.85. The van der Waals surface area contributed by atoms with E-state index in [0.717, 1.165) is 16.7 Å². The van der Waals surface area contributed by atoms with Crippen LogP contribution in [-0.4, -0.2) is 147 Å². The van der Waals surface area contributed by atoms with Crippen molar-refractivity contribution in [1.29, 1.82) is 0 Å². The molecule has 1 aliphatic rings. The number of halogens is 2. The summed E-state index contributed by atoms with van der Waals surface area (Å²) in [5, 5.41) is 25.7. The highest BCUT2D eigenvalue weighted by atomic mass is 35.5. The van der Waals surface area contributed by atoms with E-state index in [1.807, 2.05) is 26.1 Å². The Hall–Kier alpha value is -2.45. The fourth-order valence-electron chi connectivity index (χ4n) is 5.26. The van der Waals surface area contributed by atoms with Gasteiger partial charge in [0.05, 0.1) is 64.4 Å². The number of rotatable bonds is 25. The number of amides is 2. The number of aliphatic hydroxyl groups excluding tert-OH is 2. The first-order valence-corrected chi connectivity index (χ1v) is 19.2. The smallest absolute Gasteiger partial charge is 0.252 e. The maximum Gasteiger partial charge on any atom is 0.252 e. The van der Waals surface area contributed by atoms with Crippen molar-refractivity contribution in [1.82, 2.24) is 20.3 Å². The molecule has 3 atom stereocenters. The summed E-state index contributed by atoms with van der Waals surface area (Å²) in [4.78, 5) is 26.3. The molecule has 5 N–H and O–H groups in total. The lowest BCUT2D eigenvalue weighted by Crippen LogP contribution is -2.50. The molecule has 292 valence electrons. The first-order chi connectivity index (χ1) is 24.9. The first kappa shape index (κ1) is 44.0. The van der Waals surface area contributed by atoms with Crippen molar-refractivity contribution in [3.8, 4) is 0 Å². The van der Waals surface area contributed by atoms with Gasteiger partial charge in [-0.1, -0.05) is 35.3 Å². The van der Waals surface area contributed by atoms with Crippen molar-refractivity contribution in [2.75, 3.05) is 99.3 Å². The van der Waals surface area contributed by atoms with Crippen molar-refractivity contribution in [3.05, 3.63) is 63.1 Å². The van der Waals surface area contributed by atoms with Crippen LogP contribution in [0.2, 0.25) is 10.0 Å². The van der Waals surface area contributed by atoms with Crippen LogP contribution in [0.3, 0.4) is 0 Å². The van der Waals surface area contributed by atoms with E-state index in [1.165, 1.54) is 0 Å². The number of sulfonamides is 1. The van der Waals surface area contributed by atoms with E-state index in [4.69, 9.17) is 46.9 Å². The third kappa shape index (κ3) is 14.8. The molecule has 0 saturated heterocycles. The molecule has 0 bridgehead atoms. The van der Waals surface area contributed by atoms with Gasteiger partial charge in [-0.3, -0.25) is 9.59 Å². The Morgan fingerprint density at radius 2 is 1.37 bits per heavy atom. The average Bonchev–Trinajstić information content (AvgIpc) is 3.12. The number of ether oxygens (including phenoxy) is 5. The summed E-state index contributed by atoms with van der Waals surface area (Å²) < 4.78 is 55.3. The van der Waals surface area contributed by atoms with Crippen molar-refractivity contribution >= 4 is 45.0 Å². The zero-order chi connectivity index (χ0) is 37.9. The van der Waals surface area contributed by atoms with E-state index in [0.29, 0.717) is 43.0 Å². The van der Waals surface area contributed by atoms with Crippen molar-refractivity contribution in [2.24, 2.45) is 0 Å². The molecule has 2 aromatic carbocycles. The zero-order valence-corrected chi connectivity index (χ0v) is 31.8. The van der Waals surface area contributed by atoms with Crippen LogP contribution in [0.15, 0.2) is 41.3 Å². The standard InChI is InChI=1S/C34H50Cl2N4O11S/c1-3-47-13-14-48-10-7-37-33(43)31(41)32(42)34(44)38-8-11-49-15-17-51-18-16-50-12-9-39-52(45,46)26-6-4-5-24(19-26)28-22-40(2)23-29-27(28)20-25(35)21-30(29)36/h4-6,19-21,28,31-32,39,41-42H,3,7-18,22-23H2,1-2H3,(H,37,43)(H,38,44)/t28?,31-,32+/m1/s1. The molecular formula is C34H50Cl2N4O11S. The summed E-state index contributed by atoms with van der Waals surface area (Å²) in [5.74, 6) is -1.91. The predicted molar refractivity (Wildman–Crippen MR) is 194 cm³/mol. The van der Waals surface area contributed by atoms with Crippen LogP contribution < -0.4 is 15.4 Å². The largest absolute Gasteiger partial charge is 0.380 e. The summed E-state index contributed by atoms with van der Waals surface area (Å²) in [6.07, 6.45) is -3.89. The van der Waals surface area contributed by atoms with Crippen LogP contribution in [0.1, 0.15) is 29.5 Å². The number of fused-ring (bicyclic) bond motifs is 1. The summed E-state index contributed by atoms with van der Waals surface area (Å²) >= 11 is 12.8. The van der Waals surface area contributed by atoms with E-state index >= 15 is 0 Å². The van der Waals surface area contributed by atoms with Gasteiger partial charge in [0.25, 0.3) is 11.8 Å².